The molecule has 5 aromatic carbocycles. The Bertz CT molecular complexity index is 1790. The van der Waals surface area contributed by atoms with Gasteiger partial charge in [0.1, 0.15) is 0 Å². The number of hydrogen-bond acceptors (Lipinski definition) is 4. The van der Waals surface area contributed by atoms with Crippen LogP contribution in [0.25, 0.3) is 33.4 Å². The lowest BCUT2D eigenvalue weighted by Gasteiger charge is -2.32. The summed E-state index contributed by atoms with van der Waals surface area (Å²) in [5, 5.41) is 0. The van der Waals surface area contributed by atoms with Crippen LogP contribution in [0, 0.1) is 0 Å². The third kappa shape index (κ3) is 4.92. The number of hydrogen-bond donors (Lipinski definition) is 0. The van der Waals surface area contributed by atoms with Crippen molar-refractivity contribution in [3.63, 3.8) is 0 Å². The molecule has 5 heteroatoms. The van der Waals surface area contributed by atoms with Crippen molar-refractivity contribution in [1.29, 1.82) is 0 Å². The van der Waals surface area contributed by atoms with E-state index in [1.54, 1.807) is 11.8 Å². The van der Waals surface area contributed by atoms with E-state index < -0.39 is 0 Å². The van der Waals surface area contributed by atoms with Crippen LogP contribution in [0.1, 0.15) is 33.3 Å². The maximum Gasteiger partial charge on any atom is 0.494 e. The van der Waals surface area contributed by atoms with Gasteiger partial charge in [0.05, 0.1) is 16.9 Å². The quantitative estimate of drug-likeness (QED) is 0.200. The zero-order chi connectivity index (χ0) is 28.9. The second kappa shape index (κ2) is 10.4. The molecule has 0 N–H and O–H groups in total. The number of fused-ring (bicyclic) bond motifs is 2. The van der Waals surface area contributed by atoms with Crippen LogP contribution in [0.3, 0.4) is 0 Å². The summed E-state index contributed by atoms with van der Waals surface area (Å²) in [6, 6.07) is 40.9. The predicted molar refractivity (Wildman–Crippen MR) is 176 cm³/mol. The Hall–Kier alpha value is -3.90. The summed E-state index contributed by atoms with van der Waals surface area (Å²) >= 11 is 1.78. The van der Waals surface area contributed by atoms with E-state index in [4.69, 9.17) is 14.3 Å². The summed E-state index contributed by atoms with van der Waals surface area (Å²) in [4.78, 5) is 7.22. The highest BCUT2D eigenvalue weighted by molar-refractivity contribution is 7.99. The molecule has 0 aliphatic carbocycles. The lowest BCUT2D eigenvalue weighted by molar-refractivity contribution is 0.00578. The highest BCUT2D eigenvalue weighted by Gasteiger charge is 2.51. The first-order chi connectivity index (χ1) is 20.3. The predicted octanol–water partition coefficient (Wildman–Crippen LogP) is 9.20. The van der Waals surface area contributed by atoms with Gasteiger partial charge in [-0.25, -0.2) is 0 Å². The molecule has 0 unspecified atom stereocenters. The molecule has 0 saturated carbocycles. The van der Waals surface area contributed by atoms with Gasteiger partial charge < -0.3 is 9.31 Å². The van der Waals surface area contributed by atoms with Crippen molar-refractivity contribution >= 4 is 36.2 Å². The average molecular weight is 566 g/mol. The summed E-state index contributed by atoms with van der Waals surface area (Å²) < 4.78 is 12.4. The summed E-state index contributed by atoms with van der Waals surface area (Å²) in [6.45, 7) is 8.33. The maximum atomic E-state index is 6.22. The van der Waals surface area contributed by atoms with Crippen molar-refractivity contribution in [1.82, 2.24) is 0 Å². The maximum absolute atomic E-state index is 6.22. The van der Waals surface area contributed by atoms with E-state index in [1.165, 1.54) is 43.2 Å². The van der Waals surface area contributed by atoms with Gasteiger partial charge in [0, 0.05) is 21.6 Å². The third-order valence-corrected chi connectivity index (χ3v) is 9.79. The normalized spacial score (nSPS) is 16.5. The number of nitrogens with zero attached hydrogens (tertiary/aromatic N) is 1. The van der Waals surface area contributed by atoms with Crippen molar-refractivity contribution in [2.45, 2.75) is 48.7 Å². The second-order valence-electron chi connectivity index (χ2n) is 11.9. The fourth-order valence-electron chi connectivity index (χ4n) is 5.45. The fraction of sp³-hybridized carbons (Fsp3) is 0.162. The standard InChI is InChI=1S/C37H32BNO2S/c1-36(2)37(3,4)41-38(40-36)30-21-19-26(20-22-30)25-15-17-27(18-16-25)28-9-7-10-29(23-28)31-11-8-14-34-32(31)24-39-33-12-5-6-13-35(33)42-34/h5-24H,1-4H3. The largest absolute Gasteiger partial charge is 0.494 e. The Morgan fingerprint density at radius 2 is 1.14 bits per heavy atom. The smallest absolute Gasteiger partial charge is 0.399 e. The van der Waals surface area contributed by atoms with Gasteiger partial charge in [0.15, 0.2) is 0 Å². The lowest BCUT2D eigenvalue weighted by atomic mass is 9.78. The molecule has 0 aromatic heterocycles. The number of benzene rings is 5. The third-order valence-electron chi connectivity index (χ3n) is 8.65. The van der Waals surface area contributed by atoms with Crippen LogP contribution in [-0.4, -0.2) is 24.5 Å². The molecule has 7 rings (SSSR count). The van der Waals surface area contributed by atoms with Crippen LogP contribution in [0.2, 0.25) is 0 Å². The van der Waals surface area contributed by atoms with Crippen molar-refractivity contribution in [2.24, 2.45) is 4.99 Å². The van der Waals surface area contributed by atoms with Crippen molar-refractivity contribution < 1.29 is 9.31 Å². The van der Waals surface area contributed by atoms with E-state index in [0.717, 1.165) is 16.7 Å². The molecule has 3 nitrogen and oxygen atoms in total. The van der Waals surface area contributed by atoms with Crippen molar-refractivity contribution in [2.75, 3.05) is 0 Å². The molecule has 2 aliphatic heterocycles. The molecule has 0 atom stereocenters. The molecule has 5 aromatic rings. The minimum atomic E-state index is -0.349. The van der Waals surface area contributed by atoms with E-state index >= 15 is 0 Å². The van der Waals surface area contributed by atoms with Gasteiger partial charge in [0.2, 0.25) is 0 Å². The van der Waals surface area contributed by atoms with E-state index in [2.05, 4.69) is 137 Å². The van der Waals surface area contributed by atoms with Crippen LogP contribution < -0.4 is 5.46 Å². The molecule has 42 heavy (non-hydrogen) atoms. The lowest BCUT2D eigenvalue weighted by Crippen LogP contribution is -2.41. The van der Waals surface area contributed by atoms with Crippen molar-refractivity contribution in [3.05, 3.63) is 121 Å². The Kier molecular flexibility index (Phi) is 6.70. The minimum absolute atomic E-state index is 0.346. The minimum Gasteiger partial charge on any atom is -0.399 e. The number of para-hydroxylation sites is 1. The average Bonchev–Trinajstić information content (AvgIpc) is 3.12. The van der Waals surface area contributed by atoms with E-state index in [0.29, 0.717) is 0 Å². The van der Waals surface area contributed by atoms with E-state index in [9.17, 15) is 0 Å². The van der Waals surface area contributed by atoms with Crippen LogP contribution in [0.15, 0.2) is 130 Å². The topological polar surface area (TPSA) is 30.8 Å². The second-order valence-corrected chi connectivity index (χ2v) is 13.0. The highest BCUT2D eigenvalue weighted by atomic mass is 32.2. The molecule has 0 spiro atoms. The molecule has 2 aliphatic rings. The van der Waals surface area contributed by atoms with Gasteiger partial charge in [-0.3, -0.25) is 4.99 Å². The molecule has 1 saturated heterocycles. The first-order valence-electron chi connectivity index (χ1n) is 14.4. The van der Waals surface area contributed by atoms with Crippen LogP contribution in [0.5, 0.6) is 0 Å². The van der Waals surface area contributed by atoms with E-state index in [1.807, 2.05) is 12.3 Å². The Morgan fingerprint density at radius 1 is 0.571 bits per heavy atom. The highest BCUT2D eigenvalue weighted by Crippen LogP contribution is 2.42. The van der Waals surface area contributed by atoms with Crippen LogP contribution in [-0.2, 0) is 9.31 Å². The molecule has 206 valence electrons. The number of aliphatic imine (C=N–C) groups is 1. The molecule has 0 bridgehead atoms. The molecule has 2 heterocycles. The molecule has 0 amide bonds. The zero-order valence-corrected chi connectivity index (χ0v) is 25.1. The monoisotopic (exact) mass is 565 g/mol. The molecule has 0 radical (unpaired) electrons. The van der Waals surface area contributed by atoms with E-state index in [-0.39, 0.29) is 18.3 Å². The summed E-state index contributed by atoms with van der Waals surface area (Å²) in [5.74, 6) is 0. The van der Waals surface area contributed by atoms with Gasteiger partial charge in [-0.05, 0) is 90.8 Å². The Balaban J connectivity index is 1.13. The van der Waals surface area contributed by atoms with Crippen LogP contribution in [0.4, 0.5) is 5.69 Å². The fourth-order valence-corrected chi connectivity index (χ4v) is 6.48. The van der Waals surface area contributed by atoms with Gasteiger partial charge in [-0.2, -0.15) is 0 Å². The van der Waals surface area contributed by atoms with Crippen LogP contribution >= 0.6 is 11.8 Å². The SMILES string of the molecule is CC1(C)OB(c2ccc(-c3ccc(-c4cccc(-c5cccc6c5C=Nc5ccccc5S6)c4)cc3)cc2)OC1(C)C. The Morgan fingerprint density at radius 3 is 1.86 bits per heavy atom. The first kappa shape index (κ1) is 27.0. The summed E-state index contributed by atoms with van der Waals surface area (Å²) in [5.41, 5.74) is 9.62. The van der Waals surface area contributed by atoms with Gasteiger partial charge >= 0.3 is 7.12 Å². The molecular weight excluding hydrogens is 533 g/mol. The first-order valence-corrected chi connectivity index (χ1v) is 15.2. The van der Waals surface area contributed by atoms with Gasteiger partial charge in [-0.15, -0.1) is 0 Å². The zero-order valence-electron chi connectivity index (χ0n) is 24.3. The summed E-state index contributed by atoms with van der Waals surface area (Å²) in [7, 11) is -0.349. The number of rotatable bonds is 4. The Labute approximate surface area is 252 Å². The molecule has 1 fully saturated rings. The van der Waals surface area contributed by atoms with Gasteiger partial charge in [0.25, 0.3) is 0 Å². The molecular formula is C37H32BNO2S. The summed E-state index contributed by atoms with van der Waals surface area (Å²) in [6.07, 6.45) is 2.02. The van der Waals surface area contributed by atoms with Crippen molar-refractivity contribution in [3.8, 4) is 33.4 Å². The van der Waals surface area contributed by atoms with Gasteiger partial charge in [-0.1, -0.05) is 103 Å².